The third-order valence-corrected chi connectivity index (χ3v) is 7.21. The lowest BCUT2D eigenvalue weighted by Crippen LogP contribution is -2.57. The van der Waals surface area contributed by atoms with Crippen LogP contribution in [0.15, 0.2) is 30.3 Å². The lowest BCUT2D eigenvalue weighted by atomic mass is 10.1. The number of urea groups is 1. The number of ether oxygens (including phenoxy) is 3. The maximum atomic E-state index is 13.6. The average Bonchev–Trinajstić information content (AvgIpc) is 2.91. The minimum atomic E-state index is -1.16. The maximum Gasteiger partial charge on any atom is 0.341 e. The number of carboxylic acid groups (broad SMARTS) is 1. The first kappa shape index (κ1) is 32.2. The van der Waals surface area contributed by atoms with E-state index in [0.29, 0.717) is 36.6 Å². The summed E-state index contributed by atoms with van der Waals surface area (Å²) in [7, 11) is 3.36. The van der Waals surface area contributed by atoms with Crippen molar-refractivity contribution in [3.8, 4) is 11.5 Å². The number of carbonyl (C=O) groups is 2. The Morgan fingerprint density at radius 1 is 1.15 bits per heavy atom. The van der Waals surface area contributed by atoms with Gasteiger partial charge in [-0.2, -0.15) is 0 Å². The van der Waals surface area contributed by atoms with Crippen LogP contribution < -0.4 is 19.8 Å². The molecular weight excluding hydrogens is 568 g/mol. The molecule has 1 heterocycles. The van der Waals surface area contributed by atoms with E-state index in [1.54, 1.807) is 38.1 Å². The number of nitrogens with one attached hydrogen (secondary N) is 1. The predicted octanol–water partition coefficient (Wildman–Crippen LogP) is 5.30. The van der Waals surface area contributed by atoms with Crippen LogP contribution in [0.25, 0.3) is 0 Å². The lowest BCUT2D eigenvalue weighted by molar-refractivity contribution is -0.137. The molecule has 1 aliphatic rings. The molecule has 0 saturated carbocycles. The summed E-state index contributed by atoms with van der Waals surface area (Å²) in [6.45, 7) is 6.55. The van der Waals surface area contributed by atoms with Crippen LogP contribution in [0.3, 0.4) is 0 Å². The lowest BCUT2D eigenvalue weighted by Gasteiger charge is -2.37. The summed E-state index contributed by atoms with van der Waals surface area (Å²) in [6.07, 6.45) is 2.86. The molecule has 12 heteroatoms. The van der Waals surface area contributed by atoms with Gasteiger partial charge in [-0.05, 0) is 81.6 Å². The van der Waals surface area contributed by atoms with Crippen LogP contribution in [0.4, 0.5) is 10.5 Å². The smallest absolute Gasteiger partial charge is 0.341 e. The molecule has 0 aromatic heterocycles. The van der Waals surface area contributed by atoms with Gasteiger partial charge < -0.3 is 29.5 Å². The Balaban J connectivity index is 1.80. The molecule has 1 atom stereocenters. The summed E-state index contributed by atoms with van der Waals surface area (Å²) in [4.78, 5) is 27.0. The van der Waals surface area contributed by atoms with Crippen LogP contribution >= 0.6 is 23.8 Å². The van der Waals surface area contributed by atoms with E-state index in [-0.39, 0.29) is 16.7 Å². The van der Waals surface area contributed by atoms with Gasteiger partial charge in [0.15, 0.2) is 11.4 Å². The van der Waals surface area contributed by atoms with E-state index in [1.807, 2.05) is 32.0 Å². The molecule has 41 heavy (non-hydrogen) atoms. The number of rotatable bonds is 10. The fourth-order valence-corrected chi connectivity index (χ4v) is 4.81. The zero-order chi connectivity index (χ0) is 30.1. The molecule has 0 radical (unpaired) electrons. The summed E-state index contributed by atoms with van der Waals surface area (Å²) in [5, 5.41) is 15.3. The van der Waals surface area contributed by atoms with Gasteiger partial charge >= 0.3 is 12.0 Å². The van der Waals surface area contributed by atoms with Gasteiger partial charge in [-0.1, -0.05) is 29.3 Å². The number of nitrogens with zero attached hydrogens (tertiary/aromatic N) is 3. The zero-order valence-corrected chi connectivity index (χ0v) is 25.8. The summed E-state index contributed by atoms with van der Waals surface area (Å²) < 4.78 is 17.6. The summed E-state index contributed by atoms with van der Waals surface area (Å²) in [5.74, 6) is 0.0795. The van der Waals surface area contributed by atoms with Crippen molar-refractivity contribution < 1.29 is 28.9 Å². The van der Waals surface area contributed by atoms with E-state index in [1.165, 1.54) is 10.0 Å². The number of aliphatic carboxylic acids is 1. The molecule has 1 fully saturated rings. The molecular formula is C29H39ClN4O6S. The van der Waals surface area contributed by atoms with Gasteiger partial charge in [0.25, 0.3) is 0 Å². The number of hydrogen-bond donors (Lipinski definition) is 2. The predicted molar refractivity (Wildman–Crippen MR) is 163 cm³/mol. The van der Waals surface area contributed by atoms with Crippen molar-refractivity contribution in [2.75, 3.05) is 45.4 Å². The van der Waals surface area contributed by atoms with Gasteiger partial charge in [-0.15, -0.1) is 0 Å². The van der Waals surface area contributed by atoms with Crippen molar-refractivity contribution >= 4 is 46.6 Å². The third-order valence-electron chi connectivity index (χ3n) is 6.35. The van der Waals surface area contributed by atoms with E-state index in [0.717, 1.165) is 36.1 Å². The first-order chi connectivity index (χ1) is 19.5. The molecule has 0 aliphatic carbocycles. The number of aryl methyl sites for hydroxylation is 3. The van der Waals surface area contributed by atoms with Crippen LogP contribution in [-0.2, 0) is 9.53 Å². The second-order valence-corrected chi connectivity index (χ2v) is 10.9. The highest BCUT2D eigenvalue weighted by Crippen LogP contribution is 2.36. The van der Waals surface area contributed by atoms with E-state index in [2.05, 4.69) is 5.32 Å². The van der Waals surface area contributed by atoms with Crippen molar-refractivity contribution in [3.63, 3.8) is 0 Å². The first-order valence-corrected chi connectivity index (χ1v) is 14.3. The number of benzene rings is 2. The molecule has 0 spiro atoms. The topological polar surface area (TPSA) is 104 Å². The highest BCUT2D eigenvalue weighted by Gasteiger charge is 2.30. The molecule has 2 amide bonds. The molecule has 224 valence electrons. The maximum absolute atomic E-state index is 13.6. The monoisotopic (exact) mass is 606 g/mol. The standard InChI is InChI=1S/C29H39ClN4O6S/c1-19-10-11-24(20(2)15-19)38-14-8-12-31-28(37)34(33(18-25(35)36)29(41)32(4)5)22-16-21(3)27(23(30)17-22)40-26-9-6-7-13-39-26/h10-11,15-17,26H,6-9,12-14,18H2,1-5H3,(H,31,37)(H,35,36). The highest BCUT2D eigenvalue weighted by atomic mass is 35.5. The second kappa shape index (κ2) is 15.1. The van der Waals surface area contributed by atoms with E-state index >= 15 is 0 Å². The SMILES string of the molecule is Cc1ccc(OCCCNC(=O)N(c2cc(C)c(OC3CCCCO3)c(Cl)c2)N(CC(=O)O)C(=S)N(C)C)c(C)c1. The number of thiocarbonyl (C=S) groups is 1. The molecule has 10 nitrogen and oxygen atoms in total. The molecule has 2 N–H and O–H groups in total. The number of amides is 2. The molecule has 1 unspecified atom stereocenters. The Labute approximate surface area is 252 Å². The fraction of sp³-hybridized carbons (Fsp3) is 0.483. The van der Waals surface area contributed by atoms with E-state index < -0.39 is 24.8 Å². The Kier molecular flexibility index (Phi) is 11.9. The van der Waals surface area contributed by atoms with Crippen molar-refractivity contribution in [3.05, 3.63) is 52.0 Å². The third kappa shape index (κ3) is 9.11. The van der Waals surface area contributed by atoms with E-state index in [9.17, 15) is 14.7 Å². The minimum Gasteiger partial charge on any atom is -0.493 e. The number of halogens is 1. The summed E-state index contributed by atoms with van der Waals surface area (Å²) >= 11 is 12.2. The summed E-state index contributed by atoms with van der Waals surface area (Å²) in [5.41, 5.74) is 3.18. The number of hydrogen-bond acceptors (Lipinski definition) is 6. The van der Waals surface area contributed by atoms with Crippen molar-refractivity contribution in [2.45, 2.75) is 52.7 Å². The van der Waals surface area contributed by atoms with Crippen LogP contribution in [-0.4, -0.2) is 78.8 Å². The van der Waals surface area contributed by atoms with Crippen LogP contribution in [0, 0.1) is 20.8 Å². The highest BCUT2D eigenvalue weighted by molar-refractivity contribution is 7.80. The van der Waals surface area contributed by atoms with Gasteiger partial charge in [-0.3, -0.25) is 4.79 Å². The second-order valence-electron chi connectivity index (χ2n) is 10.1. The van der Waals surface area contributed by atoms with Crippen LogP contribution in [0.5, 0.6) is 11.5 Å². The fourth-order valence-electron chi connectivity index (χ4n) is 4.35. The van der Waals surface area contributed by atoms with E-state index in [4.69, 9.17) is 38.0 Å². The minimum absolute atomic E-state index is 0.130. The average molecular weight is 607 g/mol. The number of anilines is 1. The Bertz CT molecular complexity index is 1210. The van der Waals surface area contributed by atoms with Crippen molar-refractivity contribution in [1.82, 2.24) is 15.2 Å². The normalized spacial score (nSPS) is 14.6. The Hall–Kier alpha value is -3.28. The van der Waals surface area contributed by atoms with Gasteiger partial charge in [-0.25, -0.2) is 14.8 Å². The number of carbonyl (C=O) groups excluding carboxylic acids is 1. The van der Waals surface area contributed by atoms with Crippen molar-refractivity contribution in [1.29, 1.82) is 0 Å². The molecule has 1 aliphatic heterocycles. The Morgan fingerprint density at radius 3 is 2.51 bits per heavy atom. The van der Waals surface area contributed by atoms with Crippen molar-refractivity contribution in [2.24, 2.45) is 0 Å². The van der Waals surface area contributed by atoms with Crippen LogP contribution in [0.1, 0.15) is 42.4 Å². The zero-order valence-electron chi connectivity index (χ0n) is 24.2. The molecule has 0 bridgehead atoms. The number of hydrazine groups is 1. The number of carboxylic acids is 1. The van der Waals surface area contributed by atoms with Gasteiger partial charge in [0.05, 0.1) is 23.9 Å². The quantitative estimate of drug-likeness (QED) is 0.212. The van der Waals surface area contributed by atoms with Gasteiger partial charge in [0.1, 0.15) is 18.0 Å². The van der Waals surface area contributed by atoms with Crippen LogP contribution in [0.2, 0.25) is 5.02 Å². The molecule has 3 rings (SSSR count). The van der Waals surface area contributed by atoms with Gasteiger partial charge in [0.2, 0.25) is 0 Å². The molecule has 1 saturated heterocycles. The first-order valence-electron chi connectivity index (χ1n) is 13.5. The molecule has 2 aromatic carbocycles. The largest absolute Gasteiger partial charge is 0.493 e. The summed E-state index contributed by atoms with van der Waals surface area (Å²) in [6, 6.07) is 8.66. The molecule has 2 aromatic rings. The van der Waals surface area contributed by atoms with Gasteiger partial charge in [0, 0.05) is 27.1 Å². The Morgan fingerprint density at radius 2 is 1.90 bits per heavy atom.